The third-order valence-electron chi connectivity index (χ3n) is 6.40. The van der Waals surface area contributed by atoms with Gasteiger partial charge in [-0.2, -0.15) is 5.10 Å². The number of fused-ring (bicyclic) bond motifs is 1. The van der Waals surface area contributed by atoms with E-state index in [1.807, 2.05) is 12.1 Å². The molecular formula is C26H24FN7O4. The summed E-state index contributed by atoms with van der Waals surface area (Å²) in [5.41, 5.74) is 3.86. The molecule has 1 aliphatic rings. The predicted molar refractivity (Wildman–Crippen MR) is 135 cm³/mol. The second kappa shape index (κ2) is 10.6. The summed E-state index contributed by atoms with van der Waals surface area (Å²) in [5.74, 6) is -1.08. The summed E-state index contributed by atoms with van der Waals surface area (Å²) in [4.78, 5) is 44.5. The molecule has 0 bridgehead atoms. The van der Waals surface area contributed by atoms with Crippen molar-refractivity contribution in [2.45, 2.75) is 6.54 Å². The fraction of sp³-hybridized carbons (Fsp3) is 0.192. The van der Waals surface area contributed by atoms with Crippen LogP contribution in [0.25, 0.3) is 10.9 Å². The summed E-state index contributed by atoms with van der Waals surface area (Å²) in [7, 11) is 0. The van der Waals surface area contributed by atoms with Gasteiger partial charge in [-0.05, 0) is 42.0 Å². The Morgan fingerprint density at radius 2 is 1.61 bits per heavy atom. The highest BCUT2D eigenvalue weighted by Crippen LogP contribution is 2.24. The van der Waals surface area contributed by atoms with Crippen molar-refractivity contribution in [3.05, 3.63) is 89.0 Å². The monoisotopic (exact) mass is 517 g/mol. The Bertz CT molecular complexity index is 1480. The zero-order valence-corrected chi connectivity index (χ0v) is 20.1. The van der Waals surface area contributed by atoms with Gasteiger partial charge in [-0.1, -0.05) is 18.2 Å². The summed E-state index contributed by atoms with van der Waals surface area (Å²) in [6.07, 6.45) is 1.22. The maximum Gasteiger partial charge on any atom is 0.276 e. The van der Waals surface area contributed by atoms with Crippen LogP contribution in [0.15, 0.2) is 60.8 Å². The molecule has 1 saturated heterocycles. The highest BCUT2D eigenvalue weighted by atomic mass is 19.1. The number of amides is 3. The Morgan fingerprint density at radius 3 is 2.26 bits per heavy atom. The first kappa shape index (κ1) is 24.8. The van der Waals surface area contributed by atoms with Crippen LogP contribution in [0.5, 0.6) is 0 Å². The van der Waals surface area contributed by atoms with Crippen molar-refractivity contribution in [1.82, 2.24) is 30.5 Å². The van der Waals surface area contributed by atoms with Crippen molar-refractivity contribution in [3.63, 3.8) is 0 Å². The molecule has 2 aromatic carbocycles. The third-order valence-corrected chi connectivity index (χ3v) is 6.40. The second-order valence-electron chi connectivity index (χ2n) is 8.74. The molecule has 3 heterocycles. The number of hydroxylamine groups is 1. The fourth-order valence-electron chi connectivity index (χ4n) is 4.29. The molecule has 4 aromatic rings. The molecule has 0 saturated carbocycles. The molecule has 0 spiro atoms. The van der Waals surface area contributed by atoms with E-state index in [0.717, 1.165) is 5.56 Å². The van der Waals surface area contributed by atoms with E-state index in [9.17, 15) is 18.8 Å². The minimum atomic E-state index is -0.713. The van der Waals surface area contributed by atoms with Gasteiger partial charge in [0.2, 0.25) is 0 Å². The van der Waals surface area contributed by atoms with Gasteiger partial charge in [-0.15, -0.1) is 0 Å². The molecular weight excluding hydrogens is 493 g/mol. The van der Waals surface area contributed by atoms with Crippen molar-refractivity contribution in [2.75, 3.05) is 31.5 Å². The number of carbonyl (C=O) groups excluding carboxylic acids is 3. The largest absolute Gasteiger partial charge is 0.364 e. The van der Waals surface area contributed by atoms with Gasteiger partial charge < -0.3 is 15.1 Å². The van der Waals surface area contributed by atoms with Crippen LogP contribution in [0.3, 0.4) is 0 Å². The average molecular weight is 518 g/mol. The number of aromatic amines is 1. The van der Waals surface area contributed by atoms with Crippen LogP contribution in [0.2, 0.25) is 0 Å². The van der Waals surface area contributed by atoms with Crippen molar-refractivity contribution < 1.29 is 24.0 Å². The summed E-state index contributed by atoms with van der Waals surface area (Å²) >= 11 is 0. The molecule has 11 nitrogen and oxygen atoms in total. The first-order chi connectivity index (χ1) is 18.4. The SMILES string of the molecule is O=C(NO)c1ccc(C(=O)N2CCN(C(=O)c3ccc(CNc4n[nH]c5cccc(F)c45)cc3)CC2)nc1. The van der Waals surface area contributed by atoms with E-state index in [1.165, 1.54) is 29.9 Å². The molecule has 12 heteroatoms. The summed E-state index contributed by atoms with van der Waals surface area (Å²) in [5, 5.41) is 19.1. The van der Waals surface area contributed by atoms with E-state index < -0.39 is 5.91 Å². The number of anilines is 1. The van der Waals surface area contributed by atoms with E-state index in [-0.39, 0.29) is 28.9 Å². The molecule has 194 valence electrons. The average Bonchev–Trinajstić information content (AvgIpc) is 3.40. The van der Waals surface area contributed by atoms with Crippen LogP contribution in [-0.2, 0) is 6.54 Å². The number of halogens is 1. The molecule has 5 rings (SSSR count). The highest BCUT2D eigenvalue weighted by Gasteiger charge is 2.26. The zero-order valence-electron chi connectivity index (χ0n) is 20.1. The lowest BCUT2D eigenvalue weighted by Crippen LogP contribution is -2.50. The van der Waals surface area contributed by atoms with Crippen molar-refractivity contribution in [1.29, 1.82) is 0 Å². The Labute approximate surface area is 216 Å². The van der Waals surface area contributed by atoms with Gasteiger partial charge in [0.25, 0.3) is 17.7 Å². The number of piperazine rings is 1. The van der Waals surface area contributed by atoms with Gasteiger partial charge in [0.15, 0.2) is 5.82 Å². The Balaban J connectivity index is 1.14. The minimum Gasteiger partial charge on any atom is -0.364 e. The Hall–Kier alpha value is -4.84. The summed E-state index contributed by atoms with van der Waals surface area (Å²) in [6.45, 7) is 1.85. The molecule has 1 fully saturated rings. The number of aromatic nitrogens is 3. The zero-order chi connectivity index (χ0) is 26.6. The normalized spacial score (nSPS) is 13.4. The topological polar surface area (TPSA) is 144 Å². The summed E-state index contributed by atoms with van der Waals surface area (Å²) < 4.78 is 14.1. The van der Waals surface area contributed by atoms with Crippen LogP contribution >= 0.6 is 0 Å². The van der Waals surface area contributed by atoms with Gasteiger partial charge in [-0.25, -0.2) is 9.87 Å². The third kappa shape index (κ3) is 5.02. The number of pyridine rings is 1. The Morgan fingerprint density at radius 1 is 0.921 bits per heavy atom. The first-order valence-electron chi connectivity index (χ1n) is 11.9. The lowest BCUT2D eigenvalue weighted by Gasteiger charge is -2.34. The second-order valence-corrected chi connectivity index (χ2v) is 8.74. The van der Waals surface area contributed by atoms with E-state index in [2.05, 4.69) is 20.5 Å². The Kier molecular flexibility index (Phi) is 6.96. The molecule has 0 aliphatic carbocycles. The van der Waals surface area contributed by atoms with Gasteiger partial charge in [0, 0.05) is 44.5 Å². The van der Waals surface area contributed by atoms with Crippen LogP contribution in [-0.4, -0.2) is 74.1 Å². The molecule has 2 aromatic heterocycles. The lowest BCUT2D eigenvalue weighted by molar-refractivity contribution is 0.0532. The van der Waals surface area contributed by atoms with E-state index >= 15 is 0 Å². The lowest BCUT2D eigenvalue weighted by atomic mass is 10.1. The fourth-order valence-corrected chi connectivity index (χ4v) is 4.29. The molecule has 1 aliphatic heterocycles. The molecule has 3 amide bonds. The number of H-pyrrole nitrogens is 1. The van der Waals surface area contributed by atoms with Crippen molar-refractivity contribution in [3.8, 4) is 0 Å². The van der Waals surface area contributed by atoms with Crippen LogP contribution < -0.4 is 10.8 Å². The number of rotatable bonds is 6. The van der Waals surface area contributed by atoms with Crippen LogP contribution in [0.1, 0.15) is 36.8 Å². The van der Waals surface area contributed by atoms with Crippen molar-refractivity contribution >= 4 is 34.4 Å². The van der Waals surface area contributed by atoms with E-state index in [4.69, 9.17) is 5.21 Å². The molecule has 4 N–H and O–H groups in total. The number of hydrogen-bond acceptors (Lipinski definition) is 7. The maximum atomic E-state index is 14.1. The van der Waals surface area contributed by atoms with Crippen molar-refractivity contribution in [2.24, 2.45) is 0 Å². The minimum absolute atomic E-state index is 0.129. The maximum absolute atomic E-state index is 14.1. The number of hydrogen-bond donors (Lipinski definition) is 4. The van der Waals surface area contributed by atoms with E-state index in [1.54, 1.807) is 34.1 Å². The predicted octanol–water partition coefficient (Wildman–Crippen LogP) is 2.43. The smallest absolute Gasteiger partial charge is 0.276 e. The van der Waals surface area contributed by atoms with Crippen LogP contribution in [0.4, 0.5) is 10.2 Å². The van der Waals surface area contributed by atoms with Crippen LogP contribution in [0, 0.1) is 5.82 Å². The number of carbonyl (C=O) groups is 3. The molecule has 0 radical (unpaired) electrons. The van der Waals surface area contributed by atoms with Gasteiger partial charge in [-0.3, -0.25) is 29.7 Å². The quantitative estimate of drug-likeness (QED) is 0.227. The van der Waals surface area contributed by atoms with E-state index in [0.29, 0.717) is 55.0 Å². The van der Waals surface area contributed by atoms with Gasteiger partial charge >= 0.3 is 0 Å². The van der Waals surface area contributed by atoms with Gasteiger partial charge in [0.05, 0.1) is 16.5 Å². The highest BCUT2D eigenvalue weighted by molar-refractivity contribution is 5.96. The molecule has 0 unspecified atom stereocenters. The van der Waals surface area contributed by atoms with Gasteiger partial charge in [0.1, 0.15) is 11.5 Å². The standard InChI is InChI=1S/C26H24FN7O4/c27-19-2-1-3-20-22(19)23(31-30-20)29-14-16-4-6-17(7-5-16)25(36)33-10-12-34(13-11-33)26(37)21-9-8-18(15-28-21)24(35)32-38/h1-9,15,38H,10-14H2,(H,32,35)(H2,29,30,31). The number of benzene rings is 2. The summed E-state index contributed by atoms with van der Waals surface area (Å²) in [6, 6.07) is 14.7. The first-order valence-corrected chi connectivity index (χ1v) is 11.9. The number of nitrogens with zero attached hydrogens (tertiary/aromatic N) is 4. The molecule has 0 atom stereocenters. The number of nitrogens with one attached hydrogen (secondary N) is 3. The molecule has 38 heavy (non-hydrogen) atoms.